The molecule has 2 rings (SSSR count). The number of ether oxygens (including phenoxy) is 2. The van der Waals surface area contributed by atoms with Crippen LogP contribution in [0.15, 0.2) is 30.3 Å². The van der Waals surface area contributed by atoms with Gasteiger partial charge in [0.05, 0.1) is 16.8 Å². The lowest BCUT2D eigenvalue weighted by Crippen LogP contribution is -2.07. The van der Waals surface area contributed by atoms with Crippen LogP contribution in [0.2, 0.25) is 5.02 Å². The second-order valence-electron chi connectivity index (χ2n) is 4.67. The Morgan fingerprint density at radius 3 is 2.38 bits per heavy atom. The Kier molecular flexibility index (Phi) is 4.53. The van der Waals surface area contributed by atoms with E-state index >= 15 is 0 Å². The van der Waals surface area contributed by atoms with Crippen molar-refractivity contribution in [3.8, 4) is 17.2 Å². The van der Waals surface area contributed by atoms with Crippen LogP contribution in [0.3, 0.4) is 0 Å². The summed E-state index contributed by atoms with van der Waals surface area (Å²) in [7, 11) is 0. The van der Waals surface area contributed by atoms with Gasteiger partial charge < -0.3 is 15.2 Å². The molecule has 0 fully saturated rings. The minimum absolute atomic E-state index is 0.0155. The molecule has 2 aromatic rings. The number of halogens is 3. The highest BCUT2D eigenvalue weighted by atomic mass is 35.5. The first-order valence-corrected chi connectivity index (χ1v) is 6.63. The second kappa shape index (κ2) is 6.18. The van der Waals surface area contributed by atoms with Crippen LogP contribution < -0.4 is 15.2 Å². The van der Waals surface area contributed by atoms with Gasteiger partial charge in [0.1, 0.15) is 11.6 Å². The molecule has 0 heterocycles. The average molecular weight is 314 g/mol. The maximum atomic E-state index is 13.7. The summed E-state index contributed by atoms with van der Waals surface area (Å²) in [5, 5.41) is -0.0155. The van der Waals surface area contributed by atoms with Crippen molar-refractivity contribution < 1.29 is 18.3 Å². The van der Waals surface area contributed by atoms with Gasteiger partial charge in [0, 0.05) is 18.2 Å². The molecular formula is C15H14ClF2NO2. The van der Waals surface area contributed by atoms with Gasteiger partial charge >= 0.3 is 0 Å². The van der Waals surface area contributed by atoms with Crippen molar-refractivity contribution in [1.82, 2.24) is 0 Å². The molecule has 0 atom stereocenters. The topological polar surface area (TPSA) is 44.5 Å². The maximum absolute atomic E-state index is 13.7. The molecule has 6 heteroatoms. The van der Waals surface area contributed by atoms with E-state index in [-0.39, 0.29) is 34.1 Å². The van der Waals surface area contributed by atoms with Crippen LogP contribution >= 0.6 is 11.6 Å². The molecule has 0 aliphatic rings. The van der Waals surface area contributed by atoms with Gasteiger partial charge in [0.25, 0.3) is 0 Å². The minimum Gasteiger partial charge on any atom is -0.488 e. The zero-order valence-corrected chi connectivity index (χ0v) is 12.2. The number of nitrogens with two attached hydrogens (primary N) is 1. The first-order chi connectivity index (χ1) is 9.86. The number of nitrogen functional groups attached to an aromatic ring is 1. The van der Waals surface area contributed by atoms with Crippen molar-refractivity contribution in [3.63, 3.8) is 0 Å². The summed E-state index contributed by atoms with van der Waals surface area (Å²) in [6, 6.07) is 6.39. The number of rotatable bonds is 4. The third-order valence-electron chi connectivity index (χ3n) is 2.55. The lowest BCUT2D eigenvalue weighted by atomic mass is 10.2. The third-order valence-corrected chi connectivity index (χ3v) is 2.85. The molecule has 2 aromatic carbocycles. The van der Waals surface area contributed by atoms with Crippen molar-refractivity contribution in [2.45, 2.75) is 20.0 Å². The summed E-state index contributed by atoms with van der Waals surface area (Å²) < 4.78 is 37.8. The average Bonchev–Trinajstić information content (AvgIpc) is 2.39. The van der Waals surface area contributed by atoms with E-state index in [4.69, 9.17) is 26.8 Å². The summed E-state index contributed by atoms with van der Waals surface area (Å²) in [5.74, 6) is -0.813. The van der Waals surface area contributed by atoms with E-state index in [0.717, 1.165) is 12.1 Å². The van der Waals surface area contributed by atoms with Gasteiger partial charge in [-0.1, -0.05) is 11.6 Å². The molecule has 0 bridgehead atoms. The van der Waals surface area contributed by atoms with Crippen molar-refractivity contribution in [2.24, 2.45) is 0 Å². The fraction of sp³-hybridized carbons (Fsp3) is 0.200. The van der Waals surface area contributed by atoms with Crippen LogP contribution in [0, 0.1) is 11.6 Å². The predicted octanol–water partition coefficient (Wildman–Crippen LogP) is 4.78. The number of hydrogen-bond acceptors (Lipinski definition) is 3. The van der Waals surface area contributed by atoms with E-state index in [1.165, 1.54) is 18.2 Å². The Bertz CT molecular complexity index is 662. The van der Waals surface area contributed by atoms with E-state index in [0.29, 0.717) is 0 Å². The van der Waals surface area contributed by atoms with Crippen LogP contribution in [-0.2, 0) is 0 Å². The largest absolute Gasteiger partial charge is 0.488 e. The van der Waals surface area contributed by atoms with Gasteiger partial charge in [-0.15, -0.1) is 0 Å². The zero-order valence-electron chi connectivity index (χ0n) is 11.5. The van der Waals surface area contributed by atoms with Gasteiger partial charge in [-0.3, -0.25) is 0 Å². The molecule has 21 heavy (non-hydrogen) atoms. The molecule has 0 aromatic heterocycles. The number of benzene rings is 2. The zero-order chi connectivity index (χ0) is 15.6. The molecule has 0 saturated heterocycles. The lowest BCUT2D eigenvalue weighted by molar-refractivity contribution is 0.230. The lowest BCUT2D eigenvalue weighted by Gasteiger charge is -2.14. The molecule has 0 radical (unpaired) electrons. The Labute approximate surface area is 126 Å². The highest BCUT2D eigenvalue weighted by Gasteiger charge is 2.13. The van der Waals surface area contributed by atoms with E-state index in [1.807, 2.05) is 0 Å². The van der Waals surface area contributed by atoms with Crippen LogP contribution in [0.5, 0.6) is 17.2 Å². The van der Waals surface area contributed by atoms with Gasteiger partial charge in [-0.2, -0.15) is 0 Å². The minimum atomic E-state index is -0.617. The summed E-state index contributed by atoms with van der Waals surface area (Å²) in [6.45, 7) is 3.54. The first-order valence-electron chi connectivity index (χ1n) is 6.25. The molecule has 3 nitrogen and oxygen atoms in total. The quantitative estimate of drug-likeness (QED) is 0.826. The molecule has 0 aliphatic carbocycles. The van der Waals surface area contributed by atoms with Crippen molar-refractivity contribution in [2.75, 3.05) is 5.73 Å². The van der Waals surface area contributed by atoms with Crippen LogP contribution in [0.25, 0.3) is 0 Å². The molecule has 2 N–H and O–H groups in total. The second-order valence-corrected chi connectivity index (χ2v) is 5.07. The van der Waals surface area contributed by atoms with Gasteiger partial charge in [-0.25, -0.2) is 8.78 Å². The fourth-order valence-electron chi connectivity index (χ4n) is 1.65. The SMILES string of the molecule is CC(C)Oc1cc(Oc2ccc(Cl)c(F)c2)c(N)cc1F. The maximum Gasteiger partial charge on any atom is 0.167 e. The molecular weight excluding hydrogens is 300 g/mol. The fourth-order valence-corrected chi connectivity index (χ4v) is 1.77. The van der Waals surface area contributed by atoms with Gasteiger partial charge in [0.2, 0.25) is 0 Å². The highest BCUT2D eigenvalue weighted by Crippen LogP contribution is 2.34. The molecule has 0 aliphatic heterocycles. The van der Waals surface area contributed by atoms with E-state index in [1.54, 1.807) is 13.8 Å². The Morgan fingerprint density at radius 2 is 1.76 bits per heavy atom. The van der Waals surface area contributed by atoms with Gasteiger partial charge in [0.15, 0.2) is 17.3 Å². The molecule has 112 valence electrons. The predicted molar refractivity (Wildman–Crippen MR) is 78.1 cm³/mol. The summed E-state index contributed by atoms with van der Waals surface area (Å²) in [5.41, 5.74) is 5.78. The van der Waals surface area contributed by atoms with E-state index in [9.17, 15) is 8.78 Å². The number of hydrogen-bond donors (Lipinski definition) is 1. The normalized spacial score (nSPS) is 10.8. The number of anilines is 1. The summed E-state index contributed by atoms with van der Waals surface area (Å²) in [6.07, 6.45) is -0.205. The van der Waals surface area contributed by atoms with Crippen molar-refractivity contribution >= 4 is 17.3 Å². The van der Waals surface area contributed by atoms with Crippen LogP contribution in [-0.4, -0.2) is 6.10 Å². The Hall–Kier alpha value is -2.01. The van der Waals surface area contributed by atoms with Gasteiger partial charge in [-0.05, 0) is 26.0 Å². The summed E-state index contributed by atoms with van der Waals surface area (Å²) in [4.78, 5) is 0. The molecule has 0 amide bonds. The van der Waals surface area contributed by atoms with E-state index in [2.05, 4.69) is 0 Å². The van der Waals surface area contributed by atoms with Crippen LogP contribution in [0.1, 0.15) is 13.8 Å². The standard InChI is InChI=1S/C15H14ClF2NO2/c1-8(2)20-14-7-15(13(19)6-12(14)18)21-9-3-4-10(16)11(17)5-9/h3-8H,19H2,1-2H3. The Morgan fingerprint density at radius 1 is 1.05 bits per heavy atom. The van der Waals surface area contributed by atoms with Crippen molar-refractivity contribution in [3.05, 3.63) is 47.0 Å². The summed E-state index contributed by atoms with van der Waals surface area (Å²) >= 11 is 5.59. The van der Waals surface area contributed by atoms with Crippen molar-refractivity contribution in [1.29, 1.82) is 0 Å². The first kappa shape index (κ1) is 15.4. The Balaban J connectivity index is 2.32. The monoisotopic (exact) mass is 313 g/mol. The smallest absolute Gasteiger partial charge is 0.167 e. The highest BCUT2D eigenvalue weighted by molar-refractivity contribution is 6.30. The molecule has 0 unspecified atom stereocenters. The molecule has 0 saturated carbocycles. The molecule has 0 spiro atoms. The van der Waals surface area contributed by atoms with E-state index < -0.39 is 11.6 Å². The van der Waals surface area contributed by atoms with Crippen LogP contribution in [0.4, 0.5) is 14.5 Å². The third kappa shape index (κ3) is 3.76.